The van der Waals surface area contributed by atoms with Crippen LogP contribution in [0.2, 0.25) is 0 Å². The highest BCUT2D eigenvalue weighted by Gasteiger charge is 2.27. The predicted molar refractivity (Wildman–Crippen MR) is 70.0 cm³/mol. The lowest BCUT2D eigenvalue weighted by Crippen LogP contribution is -2.56. The molecule has 2 rings (SSSR count). The van der Waals surface area contributed by atoms with Crippen LogP contribution in [-0.2, 0) is 6.54 Å². The molecule has 0 saturated carbocycles. The fourth-order valence-electron chi connectivity index (χ4n) is 2.70. The van der Waals surface area contributed by atoms with Gasteiger partial charge in [0.2, 0.25) is 6.39 Å². The fourth-order valence-corrected chi connectivity index (χ4v) is 2.70. The average molecular weight is 252 g/mol. The second-order valence-electron chi connectivity index (χ2n) is 5.57. The first kappa shape index (κ1) is 13.5. The van der Waals surface area contributed by atoms with E-state index in [1.807, 2.05) is 0 Å². The van der Waals surface area contributed by atoms with Gasteiger partial charge in [-0.1, -0.05) is 25.9 Å². The monoisotopic (exact) mass is 252 g/mol. The summed E-state index contributed by atoms with van der Waals surface area (Å²) in [4.78, 5) is 6.61. The summed E-state index contributed by atoms with van der Waals surface area (Å²) < 4.78 is 4.81. The number of hydrogen-bond acceptors (Lipinski definition) is 5. The van der Waals surface area contributed by atoms with Crippen LogP contribution in [-0.4, -0.2) is 40.2 Å². The zero-order chi connectivity index (χ0) is 13.0. The molecule has 2 unspecified atom stereocenters. The normalized spacial score (nSPS) is 25.8. The minimum atomic E-state index is 0.576. The largest absolute Gasteiger partial charge is 0.343 e. The molecule has 1 saturated heterocycles. The first-order valence-electron chi connectivity index (χ1n) is 6.91. The van der Waals surface area contributed by atoms with Gasteiger partial charge < -0.3 is 9.84 Å². The van der Waals surface area contributed by atoms with Crippen molar-refractivity contribution < 1.29 is 4.52 Å². The Bertz CT molecular complexity index is 339. The molecule has 1 aliphatic rings. The molecule has 0 spiro atoms. The van der Waals surface area contributed by atoms with Gasteiger partial charge in [0.25, 0.3) is 0 Å². The van der Waals surface area contributed by atoms with Gasteiger partial charge in [0.15, 0.2) is 5.82 Å². The van der Waals surface area contributed by atoms with Crippen molar-refractivity contribution in [1.82, 2.24) is 20.4 Å². The molecule has 5 nitrogen and oxygen atoms in total. The molecule has 5 heteroatoms. The third kappa shape index (κ3) is 3.53. The summed E-state index contributed by atoms with van der Waals surface area (Å²) in [6, 6.07) is 1.16. The highest BCUT2D eigenvalue weighted by Crippen LogP contribution is 2.16. The lowest BCUT2D eigenvalue weighted by Gasteiger charge is -2.40. The molecule has 2 atom stereocenters. The third-order valence-electron chi connectivity index (χ3n) is 3.59. The molecular weight excluding hydrogens is 228 g/mol. The minimum absolute atomic E-state index is 0.576. The standard InChI is InChI=1S/C13H24N4O/c1-4-12-6-14-11(5-10(2)3)7-17(12)8-13-15-9-18-16-13/h9-12,14H,4-8H2,1-3H3. The first-order valence-corrected chi connectivity index (χ1v) is 6.91. The summed E-state index contributed by atoms with van der Waals surface area (Å²) in [5.74, 6) is 1.52. The van der Waals surface area contributed by atoms with Crippen LogP contribution in [0.5, 0.6) is 0 Å². The molecule has 1 aliphatic heterocycles. The van der Waals surface area contributed by atoms with Crippen molar-refractivity contribution >= 4 is 0 Å². The summed E-state index contributed by atoms with van der Waals surface area (Å²) in [5, 5.41) is 7.57. The van der Waals surface area contributed by atoms with Gasteiger partial charge in [-0.2, -0.15) is 4.98 Å². The van der Waals surface area contributed by atoms with E-state index in [4.69, 9.17) is 4.52 Å². The van der Waals surface area contributed by atoms with Crippen LogP contribution >= 0.6 is 0 Å². The topological polar surface area (TPSA) is 54.2 Å². The molecule has 18 heavy (non-hydrogen) atoms. The molecule has 1 aromatic heterocycles. The maximum atomic E-state index is 4.81. The summed E-state index contributed by atoms with van der Waals surface area (Å²) in [6.07, 6.45) is 3.78. The Labute approximate surface area is 109 Å². The number of piperazine rings is 1. The van der Waals surface area contributed by atoms with Gasteiger partial charge in [-0.05, 0) is 18.8 Å². The van der Waals surface area contributed by atoms with Gasteiger partial charge >= 0.3 is 0 Å². The lowest BCUT2D eigenvalue weighted by atomic mass is 9.99. The van der Waals surface area contributed by atoms with E-state index in [2.05, 4.69) is 41.1 Å². The van der Waals surface area contributed by atoms with Crippen LogP contribution in [0, 0.1) is 5.92 Å². The van der Waals surface area contributed by atoms with Gasteiger partial charge in [0.05, 0.1) is 6.54 Å². The molecule has 0 aliphatic carbocycles. The summed E-state index contributed by atoms with van der Waals surface area (Å²) in [6.45, 7) is 9.72. The van der Waals surface area contributed by atoms with E-state index in [-0.39, 0.29) is 0 Å². The van der Waals surface area contributed by atoms with E-state index in [0.29, 0.717) is 12.1 Å². The Hall–Kier alpha value is -0.940. The van der Waals surface area contributed by atoms with Crippen molar-refractivity contribution in [1.29, 1.82) is 0 Å². The van der Waals surface area contributed by atoms with Crippen LogP contribution in [0.1, 0.15) is 39.4 Å². The van der Waals surface area contributed by atoms with Gasteiger partial charge in [0.1, 0.15) is 0 Å². The molecule has 1 N–H and O–H groups in total. The van der Waals surface area contributed by atoms with Gasteiger partial charge in [0, 0.05) is 25.2 Å². The zero-order valence-corrected chi connectivity index (χ0v) is 11.6. The zero-order valence-electron chi connectivity index (χ0n) is 11.6. The second-order valence-corrected chi connectivity index (χ2v) is 5.57. The predicted octanol–water partition coefficient (Wildman–Crippen LogP) is 1.67. The summed E-state index contributed by atoms with van der Waals surface area (Å²) >= 11 is 0. The van der Waals surface area contributed by atoms with Crippen molar-refractivity contribution in [2.24, 2.45) is 5.92 Å². The average Bonchev–Trinajstić information content (AvgIpc) is 2.81. The van der Waals surface area contributed by atoms with Crippen molar-refractivity contribution in [2.75, 3.05) is 13.1 Å². The van der Waals surface area contributed by atoms with Crippen LogP contribution in [0.15, 0.2) is 10.9 Å². The highest BCUT2D eigenvalue weighted by atomic mass is 16.5. The van der Waals surface area contributed by atoms with Crippen molar-refractivity contribution in [3.63, 3.8) is 0 Å². The third-order valence-corrected chi connectivity index (χ3v) is 3.59. The second kappa shape index (κ2) is 6.29. The van der Waals surface area contributed by atoms with Crippen LogP contribution in [0.4, 0.5) is 0 Å². The SMILES string of the molecule is CCC1CNC(CC(C)C)CN1Cc1ncon1. The minimum Gasteiger partial charge on any atom is -0.343 e. The molecule has 0 aromatic carbocycles. The molecule has 0 bridgehead atoms. The van der Waals surface area contributed by atoms with Crippen LogP contribution in [0.25, 0.3) is 0 Å². The van der Waals surface area contributed by atoms with Gasteiger partial charge in [-0.25, -0.2) is 0 Å². The molecule has 0 radical (unpaired) electrons. The number of nitrogens with one attached hydrogen (secondary N) is 1. The van der Waals surface area contributed by atoms with E-state index in [0.717, 1.165) is 37.8 Å². The number of aromatic nitrogens is 2. The molecule has 1 aromatic rings. The first-order chi connectivity index (χ1) is 8.69. The molecular formula is C13H24N4O. The maximum absolute atomic E-state index is 4.81. The van der Waals surface area contributed by atoms with E-state index in [9.17, 15) is 0 Å². The van der Waals surface area contributed by atoms with E-state index in [1.54, 1.807) is 0 Å². The van der Waals surface area contributed by atoms with Crippen molar-refractivity contribution in [3.05, 3.63) is 12.2 Å². The van der Waals surface area contributed by atoms with Crippen LogP contribution in [0.3, 0.4) is 0 Å². The van der Waals surface area contributed by atoms with E-state index >= 15 is 0 Å². The number of hydrogen-bond donors (Lipinski definition) is 1. The molecule has 102 valence electrons. The van der Waals surface area contributed by atoms with E-state index < -0.39 is 0 Å². The Kier molecular flexibility index (Phi) is 4.72. The van der Waals surface area contributed by atoms with Gasteiger partial charge in [-0.15, -0.1) is 0 Å². The quantitative estimate of drug-likeness (QED) is 0.864. The number of nitrogens with zero attached hydrogens (tertiary/aromatic N) is 3. The van der Waals surface area contributed by atoms with Gasteiger partial charge in [-0.3, -0.25) is 4.90 Å². The summed E-state index contributed by atoms with van der Waals surface area (Å²) in [7, 11) is 0. The maximum Gasteiger partial charge on any atom is 0.213 e. The molecule has 2 heterocycles. The molecule has 0 amide bonds. The Morgan fingerprint density at radius 2 is 2.39 bits per heavy atom. The fraction of sp³-hybridized carbons (Fsp3) is 0.846. The van der Waals surface area contributed by atoms with Crippen molar-refractivity contribution in [2.45, 2.75) is 52.2 Å². The van der Waals surface area contributed by atoms with E-state index in [1.165, 1.54) is 12.8 Å². The smallest absolute Gasteiger partial charge is 0.213 e. The number of rotatable bonds is 5. The Morgan fingerprint density at radius 1 is 1.56 bits per heavy atom. The van der Waals surface area contributed by atoms with Crippen molar-refractivity contribution in [3.8, 4) is 0 Å². The Balaban J connectivity index is 1.94. The van der Waals surface area contributed by atoms with Crippen LogP contribution < -0.4 is 5.32 Å². The highest BCUT2D eigenvalue weighted by molar-refractivity contribution is 4.89. The summed E-state index contributed by atoms with van der Waals surface area (Å²) in [5.41, 5.74) is 0. The lowest BCUT2D eigenvalue weighted by molar-refractivity contribution is 0.107. The molecule has 1 fully saturated rings. The Morgan fingerprint density at radius 3 is 3.00 bits per heavy atom.